The number of thioether (sulfide) groups is 1. The van der Waals surface area contributed by atoms with Crippen molar-refractivity contribution in [3.8, 4) is 11.5 Å². The Morgan fingerprint density at radius 1 is 1.10 bits per heavy atom. The van der Waals surface area contributed by atoms with Crippen LogP contribution in [0.2, 0.25) is 10.0 Å². The number of amides is 1. The van der Waals surface area contributed by atoms with Crippen LogP contribution in [0.15, 0.2) is 59.8 Å². The van der Waals surface area contributed by atoms with Crippen molar-refractivity contribution in [2.24, 2.45) is 5.92 Å². The molecule has 0 spiro atoms. The minimum atomic E-state index is -4.27. The summed E-state index contributed by atoms with van der Waals surface area (Å²) in [6.45, 7) is -2.87. The fraction of sp³-hybridized carbons (Fsp3) is 0.387. The van der Waals surface area contributed by atoms with Crippen molar-refractivity contribution in [1.29, 1.82) is 0 Å². The Bertz CT molecular complexity index is 1770. The number of sulfonamides is 1. The average Bonchev–Trinajstić information content (AvgIpc) is 3.72. The number of aromatic nitrogens is 1. The van der Waals surface area contributed by atoms with Crippen molar-refractivity contribution in [2.75, 3.05) is 33.0 Å². The summed E-state index contributed by atoms with van der Waals surface area (Å²) in [4.78, 5) is 27.5. The van der Waals surface area contributed by atoms with Crippen LogP contribution in [0.1, 0.15) is 40.4 Å². The van der Waals surface area contributed by atoms with Gasteiger partial charge in [0.25, 0.3) is 5.91 Å². The van der Waals surface area contributed by atoms with Crippen LogP contribution in [-0.2, 0) is 26.0 Å². The average molecular weight is 747 g/mol. The molecule has 1 aromatic heterocycles. The predicted molar refractivity (Wildman–Crippen MR) is 174 cm³/mol. The first-order chi connectivity index (χ1) is 22.7. The van der Waals surface area contributed by atoms with E-state index >= 15 is 0 Å². The molecule has 3 aromatic rings. The highest BCUT2D eigenvalue weighted by Crippen LogP contribution is 2.39. The van der Waals surface area contributed by atoms with E-state index < -0.39 is 40.0 Å². The third-order valence-corrected chi connectivity index (χ3v) is 11.4. The maximum Gasteiger partial charge on any atom is 0.387 e. The molecule has 0 unspecified atom stereocenters. The fourth-order valence-corrected chi connectivity index (χ4v) is 8.62. The molecular weight excluding hydrogens is 715 g/mol. The summed E-state index contributed by atoms with van der Waals surface area (Å²) in [5.41, 5.74) is 0.693. The molecule has 2 aliphatic rings. The number of hydrogen-bond acceptors (Lipinski definition) is 9. The van der Waals surface area contributed by atoms with Crippen molar-refractivity contribution in [3.63, 3.8) is 0 Å². The SMILES string of the molecule is CN(C)C(=O)c1cccc(S(=O)(=O)N2CCS[C@@H]2C(=O)O[C@@H](Cc2c(Cl)c[n+]([O-])cc2Cl)c2ccc(OC(F)F)c(OCC3CC3)c2)c1. The van der Waals surface area contributed by atoms with Gasteiger partial charge in [-0.05, 0) is 54.7 Å². The van der Waals surface area contributed by atoms with Crippen LogP contribution in [-0.4, -0.2) is 74.5 Å². The number of carbonyl (C=O) groups is 2. The summed E-state index contributed by atoms with van der Waals surface area (Å²) in [5.74, 6) is -0.985. The van der Waals surface area contributed by atoms with Gasteiger partial charge in [-0.2, -0.15) is 17.8 Å². The molecule has 5 rings (SSSR count). The van der Waals surface area contributed by atoms with Gasteiger partial charge in [-0.1, -0.05) is 35.3 Å². The van der Waals surface area contributed by atoms with E-state index in [0.29, 0.717) is 4.73 Å². The summed E-state index contributed by atoms with van der Waals surface area (Å²) in [7, 11) is -1.19. The molecule has 1 amide bonds. The van der Waals surface area contributed by atoms with Crippen molar-refractivity contribution < 1.29 is 45.7 Å². The summed E-state index contributed by atoms with van der Waals surface area (Å²) in [6.07, 6.45) is 2.66. The van der Waals surface area contributed by atoms with Gasteiger partial charge in [0, 0.05) is 43.9 Å². The number of ether oxygens (including phenoxy) is 3. The number of esters is 1. The fourth-order valence-electron chi connectivity index (χ4n) is 4.93. The molecule has 2 heterocycles. The highest BCUT2D eigenvalue weighted by atomic mass is 35.5. The Morgan fingerprint density at radius 3 is 2.46 bits per heavy atom. The summed E-state index contributed by atoms with van der Waals surface area (Å²) >= 11 is 13.7. The van der Waals surface area contributed by atoms with Crippen molar-refractivity contribution >= 4 is 56.9 Å². The zero-order valence-corrected chi connectivity index (χ0v) is 28.8. The van der Waals surface area contributed by atoms with Crippen molar-refractivity contribution in [3.05, 3.63) is 86.8 Å². The minimum absolute atomic E-state index is 0.00463. The van der Waals surface area contributed by atoms with Gasteiger partial charge in [-0.25, -0.2) is 13.2 Å². The quantitative estimate of drug-likeness (QED) is 0.130. The van der Waals surface area contributed by atoms with Crippen LogP contribution < -0.4 is 14.2 Å². The third-order valence-electron chi connectivity index (χ3n) is 7.58. The van der Waals surface area contributed by atoms with Gasteiger partial charge in [-0.3, -0.25) is 4.79 Å². The molecule has 0 radical (unpaired) electrons. The lowest BCUT2D eigenvalue weighted by Crippen LogP contribution is -2.40. The second kappa shape index (κ2) is 15.0. The minimum Gasteiger partial charge on any atom is -0.619 e. The highest BCUT2D eigenvalue weighted by molar-refractivity contribution is 8.02. The Balaban J connectivity index is 1.47. The van der Waals surface area contributed by atoms with Crippen molar-refractivity contribution in [1.82, 2.24) is 9.21 Å². The van der Waals surface area contributed by atoms with E-state index in [4.69, 9.17) is 32.7 Å². The molecule has 0 bridgehead atoms. The molecule has 48 heavy (non-hydrogen) atoms. The van der Waals surface area contributed by atoms with Crippen LogP contribution in [0.25, 0.3) is 0 Å². The summed E-state index contributed by atoms with van der Waals surface area (Å²) in [6, 6.07) is 9.59. The maximum atomic E-state index is 13.8. The number of benzene rings is 2. The second-order valence-electron chi connectivity index (χ2n) is 11.3. The topological polar surface area (TPSA) is 129 Å². The first kappa shape index (κ1) is 35.9. The molecule has 0 N–H and O–H groups in total. The van der Waals surface area contributed by atoms with E-state index in [1.807, 2.05) is 0 Å². The van der Waals surface area contributed by atoms with E-state index in [2.05, 4.69) is 4.74 Å². The lowest BCUT2D eigenvalue weighted by molar-refractivity contribution is -0.605. The van der Waals surface area contributed by atoms with E-state index in [1.165, 1.54) is 47.4 Å². The summed E-state index contributed by atoms with van der Waals surface area (Å²) in [5, 5.41) is 10.6. The molecule has 2 atom stereocenters. The van der Waals surface area contributed by atoms with Crippen LogP contribution >= 0.6 is 35.0 Å². The molecule has 258 valence electrons. The smallest absolute Gasteiger partial charge is 0.387 e. The van der Waals surface area contributed by atoms with Gasteiger partial charge in [0.2, 0.25) is 10.0 Å². The lowest BCUT2D eigenvalue weighted by Gasteiger charge is -2.26. The number of pyridine rings is 1. The van der Waals surface area contributed by atoms with Gasteiger partial charge in [0.1, 0.15) is 16.1 Å². The third kappa shape index (κ3) is 8.43. The second-order valence-corrected chi connectivity index (χ2v) is 15.2. The number of rotatable bonds is 13. The number of alkyl halides is 2. The van der Waals surface area contributed by atoms with Gasteiger partial charge in [-0.15, -0.1) is 11.8 Å². The highest BCUT2D eigenvalue weighted by Gasteiger charge is 2.42. The molecular formula is C31H31Cl2F2N3O8S2. The van der Waals surface area contributed by atoms with Crippen LogP contribution in [0.4, 0.5) is 8.78 Å². The summed E-state index contributed by atoms with van der Waals surface area (Å²) < 4.78 is 71.8. The first-order valence-electron chi connectivity index (χ1n) is 14.7. The van der Waals surface area contributed by atoms with Gasteiger partial charge in [0.15, 0.2) is 29.3 Å². The molecule has 1 saturated carbocycles. The molecule has 1 aliphatic heterocycles. The van der Waals surface area contributed by atoms with Crippen LogP contribution in [0, 0.1) is 11.1 Å². The molecule has 2 fully saturated rings. The zero-order chi connectivity index (χ0) is 34.7. The predicted octanol–water partition coefficient (Wildman–Crippen LogP) is 5.31. The molecule has 2 aromatic carbocycles. The standard InChI is InChI=1S/C31H31Cl2F2N3O8S2/c1-36(2)28(39)20-4-3-5-21(12-20)48(42,43)38-10-11-47-29(38)30(40)45-26(14-22-23(32)15-37(41)16-24(22)33)19-8-9-25(46-31(34)35)27(13-19)44-17-18-6-7-18/h3-5,8-9,12-13,15-16,18,26,29,31H,6-7,10-11,14,17H2,1-2H3/t26-,29+/m0/s1. The van der Waals surface area contributed by atoms with Crippen LogP contribution in [0.3, 0.4) is 0 Å². The maximum absolute atomic E-state index is 13.8. The zero-order valence-electron chi connectivity index (χ0n) is 25.7. The first-order valence-corrected chi connectivity index (χ1v) is 17.9. The van der Waals surface area contributed by atoms with E-state index in [-0.39, 0.29) is 74.4 Å². The van der Waals surface area contributed by atoms with E-state index in [0.717, 1.165) is 41.3 Å². The van der Waals surface area contributed by atoms with E-state index in [1.54, 1.807) is 14.1 Å². The van der Waals surface area contributed by atoms with Gasteiger partial charge in [0.05, 0.1) is 11.5 Å². The number of nitrogens with zero attached hydrogens (tertiary/aromatic N) is 3. The largest absolute Gasteiger partial charge is 0.619 e. The number of carbonyl (C=O) groups excluding carboxylic acids is 2. The van der Waals surface area contributed by atoms with Gasteiger partial charge < -0.3 is 24.3 Å². The monoisotopic (exact) mass is 745 g/mol. The normalized spacial score (nSPS) is 17.3. The number of halogens is 4. The molecule has 1 saturated heterocycles. The Labute approximate surface area is 290 Å². The number of hydrogen-bond donors (Lipinski definition) is 0. The van der Waals surface area contributed by atoms with Crippen LogP contribution in [0.5, 0.6) is 11.5 Å². The molecule has 11 nitrogen and oxygen atoms in total. The van der Waals surface area contributed by atoms with E-state index in [9.17, 15) is 32.0 Å². The van der Waals surface area contributed by atoms with Gasteiger partial charge >= 0.3 is 12.6 Å². The molecule has 17 heteroatoms. The Morgan fingerprint density at radius 2 is 1.81 bits per heavy atom. The van der Waals surface area contributed by atoms with Crippen molar-refractivity contribution in [2.45, 2.75) is 42.2 Å². The Hall–Kier alpha value is -3.37. The lowest BCUT2D eigenvalue weighted by atomic mass is 10.0. The Kier molecular flexibility index (Phi) is 11.2. The molecule has 1 aliphatic carbocycles.